The first-order valence-corrected chi connectivity index (χ1v) is 9.25. The predicted octanol–water partition coefficient (Wildman–Crippen LogP) is 2.01. The Hall–Kier alpha value is -1.19. The van der Waals surface area contributed by atoms with Crippen LogP contribution in [0.5, 0.6) is 0 Å². The zero-order valence-corrected chi connectivity index (χ0v) is 15.5. The van der Waals surface area contributed by atoms with Gasteiger partial charge in [0.15, 0.2) is 0 Å². The summed E-state index contributed by atoms with van der Waals surface area (Å²) >= 11 is 3.42. The minimum Gasteiger partial charge on any atom is -0.271 e. The van der Waals surface area contributed by atoms with Crippen molar-refractivity contribution >= 4 is 26.0 Å². The molecule has 9 heteroatoms. The Labute approximate surface area is 139 Å². The monoisotopic (exact) mass is 389 g/mol. The molecular weight excluding hydrogens is 370 g/mol. The minimum atomic E-state index is -3.59. The lowest BCUT2D eigenvalue weighted by Gasteiger charge is -2.17. The number of rotatable bonds is 6. The molecule has 0 aliphatic heterocycles. The molecule has 2 rings (SSSR count). The second-order valence-electron chi connectivity index (χ2n) is 4.95. The number of hydrogen-bond donors (Lipinski definition) is 0. The summed E-state index contributed by atoms with van der Waals surface area (Å²) in [5.41, 5.74) is 1.34. The van der Waals surface area contributed by atoms with Gasteiger partial charge in [-0.05, 0) is 36.7 Å². The molecule has 2 heterocycles. The molecule has 0 fully saturated rings. The second-order valence-corrected chi connectivity index (χ2v) is 7.82. The van der Waals surface area contributed by atoms with Gasteiger partial charge in [-0.1, -0.05) is 0 Å². The van der Waals surface area contributed by atoms with E-state index in [2.05, 4.69) is 26.1 Å². The quantitative estimate of drug-likeness (QED) is 0.757. The number of nitrogens with zero attached hydrogens (tertiary/aromatic N) is 5. The lowest BCUT2D eigenvalue weighted by atomic mass is 10.4. The Morgan fingerprint density at radius 2 is 2.00 bits per heavy atom. The molecule has 0 amide bonds. The van der Waals surface area contributed by atoms with E-state index in [-0.39, 0.29) is 11.4 Å². The number of aryl methyl sites for hydroxylation is 3. The van der Waals surface area contributed by atoms with Gasteiger partial charge < -0.3 is 0 Å². The zero-order chi connectivity index (χ0) is 16.5. The van der Waals surface area contributed by atoms with E-state index in [1.165, 1.54) is 4.31 Å². The van der Waals surface area contributed by atoms with Crippen LogP contribution in [0.4, 0.5) is 0 Å². The highest BCUT2D eigenvalue weighted by molar-refractivity contribution is 9.10. The summed E-state index contributed by atoms with van der Waals surface area (Å²) in [5, 5.41) is 8.42. The van der Waals surface area contributed by atoms with Gasteiger partial charge in [-0.15, -0.1) is 0 Å². The van der Waals surface area contributed by atoms with Crippen LogP contribution < -0.4 is 0 Å². The average molecular weight is 390 g/mol. The lowest BCUT2D eigenvalue weighted by molar-refractivity contribution is 0.446. The van der Waals surface area contributed by atoms with Crippen molar-refractivity contribution < 1.29 is 8.42 Å². The van der Waals surface area contributed by atoms with E-state index >= 15 is 0 Å². The molecule has 0 unspecified atom stereocenters. The van der Waals surface area contributed by atoms with E-state index in [4.69, 9.17) is 0 Å². The maximum Gasteiger partial charge on any atom is 0.246 e. The Morgan fingerprint density at radius 1 is 1.32 bits per heavy atom. The largest absolute Gasteiger partial charge is 0.271 e. The molecule has 0 bridgehead atoms. The van der Waals surface area contributed by atoms with E-state index in [1.807, 2.05) is 13.8 Å². The van der Waals surface area contributed by atoms with Gasteiger partial charge in [0, 0.05) is 26.3 Å². The van der Waals surface area contributed by atoms with Crippen molar-refractivity contribution in [2.24, 2.45) is 0 Å². The molecule has 0 saturated carbocycles. The highest BCUT2D eigenvalue weighted by Crippen LogP contribution is 2.23. The van der Waals surface area contributed by atoms with Crippen molar-refractivity contribution in [1.29, 1.82) is 0 Å². The van der Waals surface area contributed by atoms with E-state index in [0.29, 0.717) is 18.8 Å². The van der Waals surface area contributed by atoms with Crippen LogP contribution >= 0.6 is 15.9 Å². The number of halogens is 1. The third-order valence-corrected chi connectivity index (χ3v) is 6.05. The van der Waals surface area contributed by atoms with Gasteiger partial charge in [0.2, 0.25) is 10.0 Å². The molecule has 0 aromatic carbocycles. The number of sulfonamides is 1. The lowest BCUT2D eigenvalue weighted by Crippen LogP contribution is -2.28. The topological polar surface area (TPSA) is 73.0 Å². The fraction of sp³-hybridized carbons (Fsp3) is 0.538. The normalized spacial score (nSPS) is 12.3. The maximum absolute atomic E-state index is 12.7. The van der Waals surface area contributed by atoms with Crippen LogP contribution in [-0.2, 0) is 29.7 Å². The summed E-state index contributed by atoms with van der Waals surface area (Å²) in [6.45, 7) is 7.15. The Kier molecular flexibility index (Phi) is 5.08. The zero-order valence-electron chi connectivity index (χ0n) is 13.1. The van der Waals surface area contributed by atoms with E-state index < -0.39 is 10.0 Å². The smallest absolute Gasteiger partial charge is 0.246 e. The molecule has 0 aliphatic carbocycles. The van der Waals surface area contributed by atoms with Crippen molar-refractivity contribution in [2.75, 3.05) is 7.05 Å². The summed E-state index contributed by atoms with van der Waals surface area (Å²) in [5.74, 6) is 0. The average Bonchev–Trinajstić information content (AvgIpc) is 3.03. The van der Waals surface area contributed by atoms with Crippen LogP contribution in [0.1, 0.15) is 25.2 Å². The highest BCUT2D eigenvalue weighted by Gasteiger charge is 2.26. The van der Waals surface area contributed by atoms with Crippen molar-refractivity contribution in [1.82, 2.24) is 23.9 Å². The van der Waals surface area contributed by atoms with Crippen molar-refractivity contribution in [2.45, 2.75) is 45.3 Å². The molecule has 7 nitrogen and oxygen atoms in total. The van der Waals surface area contributed by atoms with Gasteiger partial charge in [-0.25, -0.2) is 8.42 Å². The molecule has 0 atom stereocenters. The molecule has 0 aliphatic rings. The summed E-state index contributed by atoms with van der Waals surface area (Å²) < 4.78 is 31.0. The van der Waals surface area contributed by atoms with E-state index in [1.54, 1.807) is 35.7 Å². The summed E-state index contributed by atoms with van der Waals surface area (Å²) in [4.78, 5) is 0.246. The summed E-state index contributed by atoms with van der Waals surface area (Å²) in [6.07, 6.45) is 3.26. The Balaban J connectivity index is 2.33. The predicted molar refractivity (Wildman–Crippen MR) is 86.9 cm³/mol. The molecule has 0 saturated heterocycles. The molecular formula is C13H20BrN5O2S. The van der Waals surface area contributed by atoms with Crippen LogP contribution in [0.2, 0.25) is 0 Å². The van der Waals surface area contributed by atoms with Gasteiger partial charge in [0.1, 0.15) is 4.90 Å². The third-order valence-electron chi connectivity index (χ3n) is 3.48. The Morgan fingerprint density at radius 3 is 2.55 bits per heavy atom. The standard InChI is InChI=1S/C13H20BrN5O2S/c1-5-18-9-13(10(3)16-18)22(20,21)17(4)8-12-11(14)7-15-19(12)6-2/h7,9H,5-6,8H2,1-4H3. The van der Waals surface area contributed by atoms with Crippen LogP contribution in [0, 0.1) is 6.92 Å². The molecule has 0 spiro atoms. The summed E-state index contributed by atoms with van der Waals surface area (Å²) in [6, 6.07) is 0. The fourth-order valence-electron chi connectivity index (χ4n) is 2.20. The second kappa shape index (κ2) is 6.51. The Bertz CT molecular complexity index is 765. The van der Waals surface area contributed by atoms with Gasteiger partial charge in [-0.2, -0.15) is 14.5 Å². The van der Waals surface area contributed by atoms with Crippen molar-refractivity contribution in [3.8, 4) is 0 Å². The first-order valence-electron chi connectivity index (χ1n) is 7.01. The molecule has 0 N–H and O–H groups in total. The van der Waals surface area contributed by atoms with Crippen LogP contribution in [-0.4, -0.2) is 39.3 Å². The van der Waals surface area contributed by atoms with Crippen LogP contribution in [0.3, 0.4) is 0 Å². The van der Waals surface area contributed by atoms with Crippen molar-refractivity contribution in [3.05, 3.63) is 28.3 Å². The molecule has 22 heavy (non-hydrogen) atoms. The van der Waals surface area contributed by atoms with Gasteiger partial charge >= 0.3 is 0 Å². The van der Waals surface area contributed by atoms with E-state index in [9.17, 15) is 8.42 Å². The molecule has 2 aromatic heterocycles. The first-order chi connectivity index (χ1) is 10.3. The van der Waals surface area contributed by atoms with Crippen molar-refractivity contribution in [3.63, 3.8) is 0 Å². The first kappa shape index (κ1) is 17.2. The van der Waals surface area contributed by atoms with E-state index in [0.717, 1.165) is 10.2 Å². The highest BCUT2D eigenvalue weighted by atomic mass is 79.9. The molecule has 2 aromatic rings. The SMILES string of the molecule is CCn1cc(S(=O)(=O)N(C)Cc2c(Br)cnn2CC)c(C)n1. The molecule has 0 radical (unpaired) electrons. The van der Waals surface area contributed by atoms with Gasteiger partial charge in [0.05, 0.1) is 28.6 Å². The minimum absolute atomic E-state index is 0.244. The van der Waals surface area contributed by atoms with Gasteiger partial charge in [-0.3, -0.25) is 9.36 Å². The summed E-state index contributed by atoms with van der Waals surface area (Å²) in [7, 11) is -2.02. The third kappa shape index (κ3) is 3.11. The number of aromatic nitrogens is 4. The molecule has 122 valence electrons. The van der Waals surface area contributed by atoms with Crippen LogP contribution in [0.15, 0.2) is 21.8 Å². The maximum atomic E-state index is 12.7. The van der Waals surface area contributed by atoms with Crippen LogP contribution in [0.25, 0.3) is 0 Å². The number of hydrogen-bond acceptors (Lipinski definition) is 4. The fourth-order valence-corrected chi connectivity index (χ4v) is 3.91. The van der Waals surface area contributed by atoms with Gasteiger partial charge in [0.25, 0.3) is 0 Å².